The van der Waals surface area contributed by atoms with Gasteiger partial charge in [0, 0.05) is 34.1 Å². The summed E-state index contributed by atoms with van der Waals surface area (Å²) >= 11 is 0. The molecule has 0 fully saturated rings. The first-order valence-electron chi connectivity index (χ1n) is 26.6. The van der Waals surface area contributed by atoms with Crippen molar-refractivity contribution in [2.45, 2.75) is 39.3 Å². The summed E-state index contributed by atoms with van der Waals surface area (Å²) in [6.45, 7) is 14.5. The summed E-state index contributed by atoms with van der Waals surface area (Å²) in [4.78, 5) is 4.84. The normalized spacial score (nSPS) is 12.0. The van der Waals surface area contributed by atoms with Crippen LogP contribution in [-0.4, -0.2) is 16.1 Å². The number of anilines is 6. The Morgan fingerprint density at radius 1 is 0.250 bits per heavy atom. The van der Waals surface area contributed by atoms with Gasteiger partial charge in [0.05, 0.1) is 16.1 Å². The van der Waals surface area contributed by atoms with Crippen LogP contribution in [0.4, 0.5) is 34.1 Å². The van der Waals surface area contributed by atoms with E-state index in [0.717, 1.165) is 56.4 Å². The fourth-order valence-electron chi connectivity index (χ4n) is 10.5. The number of hydrogen-bond donors (Lipinski definition) is 0. The maximum atomic E-state index is 2.45. The molecule has 0 aliphatic carbocycles. The minimum atomic E-state index is -1.54. The third kappa shape index (κ3) is 10.7. The van der Waals surface area contributed by atoms with Crippen molar-refractivity contribution in [1.82, 2.24) is 0 Å². The maximum Gasteiger partial charge on any atom is 0.0775 e. The van der Waals surface area contributed by atoms with Crippen molar-refractivity contribution in [3.8, 4) is 22.3 Å². The summed E-state index contributed by atoms with van der Waals surface area (Å²) in [7, 11) is -3.08. The van der Waals surface area contributed by atoms with Crippen LogP contribution in [0.15, 0.2) is 255 Å². The fourth-order valence-corrected chi connectivity index (χ4v) is 12.8. The summed E-state index contributed by atoms with van der Waals surface area (Å²) in [5, 5.41) is 7.62. The van der Waals surface area contributed by atoms with Crippen LogP contribution in [0.5, 0.6) is 0 Å². The number of para-hydroxylation sites is 2. The highest BCUT2D eigenvalue weighted by atomic mass is 28.3. The van der Waals surface area contributed by atoms with Crippen molar-refractivity contribution in [3.63, 3.8) is 0 Å². The van der Waals surface area contributed by atoms with Gasteiger partial charge in [-0.15, -0.1) is 0 Å². The van der Waals surface area contributed by atoms with Gasteiger partial charge >= 0.3 is 0 Å². The quantitative estimate of drug-likeness (QED) is 0.0608. The highest BCUT2D eigenvalue weighted by Crippen LogP contribution is 2.48. The largest absolute Gasteiger partial charge is 0.310 e. The Kier molecular flexibility index (Phi) is 14.0. The molecule has 0 amide bonds. The minimum absolute atomic E-state index is 1.10. The van der Waals surface area contributed by atoms with Gasteiger partial charge in [0.25, 0.3) is 0 Å². The molecule has 2 nitrogen and oxygen atoms in total. The van der Waals surface area contributed by atoms with E-state index < -0.39 is 16.1 Å². The lowest BCUT2D eigenvalue weighted by molar-refractivity contribution is 1.29. The summed E-state index contributed by atoms with van der Waals surface area (Å²) in [5.74, 6) is 0. The van der Waals surface area contributed by atoms with E-state index in [2.05, 4.69) is 328 Å². The van der Waals surface area contributed by atoms with Gasteiger partial charge in [-0.1, -0.05) is 244 Å². The van der Waals surface area contributed by atoms with E-state index in [-0.39, 0.29) is 0 Å². The van der Waals surface area contributed by atoms with Crippen LogP contribution in [0, 0.1) is 0 Å². The molecule has 11 aromatic carbocycles. The lowest BCUT2D eigenvalue weighted by atomic mass is 9.84. The molecule has 0 aliphatic rings. The number of rotatable bonds is 14. The predicted octanol–water partition coefficient (Wildman–Crippen LogP) is 19.7. The molecule has 0 saturated carbocycles. The minimum Gasteiger partial charge on any atom is -0.310 e. The van der Waals surface area contributed by atoms with Crippen molar-refractivity contribution >= 4 is 106 Å². The standard InChI is InChI=1S/C72H64N2Si2/c1-75(2,3)65-43-37-61(38-44-65)73(59-29-15-9-16-30-59)63-41-47-67-69(51-63)71(57-27-19-25-55(49-57)35-33-53-21-11-7-12-22-53)68-48-42-64(74(60-31-17-10-18-32-60)62-39-45-66(46-40-62)76(4,5)6)52-70(68)72(67)58-28-20-26-56(50-58)36-34-54-23-13-8-14-24-54/h7-52H,1-6H3/b35-33+,36-34+. The summed E-state index contributed by atoms with van der Waals surface area (Å²) in [6, 6.07) is 93.9. The summed E-state index contributed by atoms with van der Waals surface area (Å²) in [5.41, 5.74) is 16.0. The van der Waals surface area contributed by atoms with Crippen LogP contribution in [0.1, 0.15) is 22.3 Å². The summed E-state index contributed by atoms with van der Waals surface area (Å²) < 4.78 is 0. The smallest absolute Gasteiger partial charge is 0.0775 e. The van der Waals surface area contributed by atoms with Gasteiger partial charge in [-0.05, 0) is 151 Å². The first-order chi connectivity index (χ1) is 36.9. The Labute approximate surface area is 452 Å². The first-order valence-corrected chi connectivity index (χ1v) is 33.6. The van der Waals surface area contributed by atoms with E-state index in [0.29, 0.717) is 0 Å². The molecule has 11 aromatic rings. The van der Waals surface area contributed by atoms with E-state index in [4.69, 9.17) is 0 Å². The van der Waals surface area contributed by atoms with Crippen molar-refractivity contribution < 1.29 is 0 Å². The highest BCUT2D eigenvalue weighted by Gasteiger charge is 2.24. The number of benzene rings is 11. The lowest BCUT2D eigenvalue weighted by Crippen LogP contribution is -2.37. The Bertz CT molecular complexity index is 3600. The van der Waals surface area contributed by atoms with Crippen LogP contribution in [0.2, 0.25) is 39.3 Å². The molecular weight excluding hydrogens is 949 g/mol. The molecule has 0 spiro atoms. The SMILES string of the molecule is C[Si](C)(C)c1ccc(N(c2ccccc2)c2ccc3c(-c4cccc(/C=C/c5ccccc5)c4)c4cc(N(c5ccccc5)c5ccc([Si](C)(C)C)cc5)ccc4c(-c4cccc(/C=C/c5ccccc5)c4)c3c2)cc1. The average Bonchev–Trinajstić information content (AvgIpc) is 3.64. The van der Waals surface area contributed by atoms with E-state index in [1.807, 2.05) is 0 Å². The van der Waals surface area contributed by atoms with Crippen molar-refractivity contribution in [1.29, 1.82) is 0 Å². The third-order valence-electron chi connectivity index (χ3n) is 14.5. The molecule has 76 heavy (non-hydrogen) atoms. The lowest BCUT2D eigenvalue weighted by Gasteiger charge is -2.29. The first kappa shape index (κ1) is 49.7. The van der Waals surface area contributed by atoms with Gasteiger partial charge in [-0.25, -0.2) is 0 Å². The van der Waals surface area contributed by atoms with E-state index in [1.54, 1.807) is 0 Å². The van der Waals surface area contributed by atoms with Crippen LogP contribution in [0.3, 0.4) is 0 Å². The van der Waals surface area contributed by atoms with Gasteiger partial charge in [-0.2, -0.15) is 0 Å². The van der Waals surface area contributed by atoms with Gasteiger partial charge < -0.3 is 9.80 Å². The molecule has 0 bridgehead atoms. The topological polar surface area (TPSA) is 6.48 Å². The van der Waals surface area contributed by atoms with Crippen LogP contribution in [0.25, 0.3) is 68.1 Å². The molecular formula is C72H64N2Si2. The van der Waals surface area contributed by atoms with Gasteiger partial charge in [0.15, 0.2) is 0 Å². The Hall–Kier alpha value is -8.55. The Balaban J connectivity index is 1.21. The molecule has 11 rings (SSSR count). The molecule has 0 heterocycles. The molecule has 0 unspecified atom stereocenters. The second-order valence-corrected chi connectivity index (χ2v) is 32.0. The van der Waals surface area contributed by atoms with Gasteiger partial charge in [0.1, 0.15) is 0 Å². The average molecular weight is 1010 g/mol. The molecule has 0 N–H and O–H groups in total. The highest BCUT2D eigenvalue weighted by molar-refractivity contribution is 6.89. The van der Waals surface area contributed by atoms with E-state index >= 15 is 0 Å². The monoisotopic (exact) mass is 1010 g/mol. The third-order valence-corrected chi connectivity index (χ3v) is 18.6. The summed E-state index contributed by atoms with van der Waals surface area (Å²) in [6.07, 6.45) is 8.90. The van der Waals surface area contributed by atoms with Crippen molar-refractivity contribution in [3.05, 3.63) is 277 Å². The van der Waals surface area contributed by atoms with Crippen LogP contribution < -0.4 is 20.2 Å². The number of nitrogens with zero attached hydrogens (tertiary/aromatic N) is 2. The zero-order valence-electron chi connectivity index (χ0n) is 44.5. The molecule has 0 saturated heterocycles. The zero-order chi connectivity index (χ0) is 52.2. The van der Waals surface area contributed by atoms with Gasteiger partial charge in [-0.3, -0.25) is 0 Å². The van der Waals surface area contributed by atoms with E-state index in [9.17, 15) is 0 Å². The molecule has 370 valence electrons. The van der Waals surface area contributed by atoms with Crippen molar-refractivity contribution in [2.75, 3.05) is 9.80 Å². The molecule has 0 atom stereocenters. The molecule has 4 heteroatoms. The molecule has 0 aliphatic heterocycles. The Morgan fingerprint density at radius 3 is 0.908 bits per heavy atom. The number of fused-ring (bicyclic) bond motifs is 2. The maximum absolute atomic E-state index is 2.45. The predicted molar refractivity (Wildman–Crippen MR) is 338 cm³/mol. The Morgan fingerprint density at radius 2 is 0.553 bits per heavy atom. The molecule has 0 radical (unpaired) electrons. The zero-order valence-corrected chi connectivity index (χ0v) is 46.5. The van der Waals surface area contributed by atoms with Crippen LogP contribution >= 0.6 is 0 Å². The molecule has 0 aromatic heterocycles. The van der Waals surface area contributed by atoms with Gasteiger partial charge in [0.2, 0.25) is 0 Å². The van der Waals surface area contributed by atoms with E-state index in [1.165, 1.54) is 54.2 Å². The second-order valence-electron chi connectivity index (χ2n) is 21.9. The number of hydrogen-bond acceptors (Lipinski definition) is 2. The second kappa shape index (κ2) is 21.4. The van der Waals surface area contributed by atoms with Crippen LogP contribution in [-0.2, 0) is 0 Å². The fraction of sp³-hybridized carbons (Fsp3) is 0.0833. The van der Waals surface area contributed by atoms with Crippen molar-refractivity contribution in [2.24, 2.45) is 0 Å².